The zero-order valence-electron chi connectivity index (χ0n) is 12.9. The van der Waals surface area contributed by atoms with Gasteiger partial charge in [0.1, 0.15) is 5.69 Å². The van der Waals surface area contributed by atoms with Crippen LogP contribution in [0.5, 0.6) is 0 Å². The van der Waals surface area contributed by atoms with Gasteiger partial charge in [0, 0.05) is 24.9 Å². The molecule has 1 aromatic rings. The van der Waals surface area contributed by atoms with Gasteiger partial charge in [-0.1, -0.05) is 12.1 Å². The van der Waals surface area contributed by atoms with Gasteiger partial charge in [0.25, 0.3) is 5.69 Å². The lowest BCUT2D eigenvalue weighted by molar-refractivity contribution is -0.384. The molecule has 0 aliphatic carbocycles. The van der Waals surface area contributed by atoms with Crippen LogP contribution in [0.4, 0.5) is 11.4 Å². The van der Waals surface area contributed by atoms with Crippen LogP contribution in [-0.2, 0) is 4.79 Å². The Labute approximate surface area is 139 Å². The molecule has 8 heteroatoms. The van der Waals surface area contributed by atoms with E-state index in [4.69, 9.17) is 5.73 Å². The summed E-state index contributed by atoms with van der Waals surface area (Å²) >= 11 is 1.75. The van der Waals surface area contributed by atoms with Crippen molar-refractivity contribution in [2.45, 2.75) is 25.3 Å². The average Bonchev–Trinajstić information content (AvgIpc) is 3.08. The van der Waals surface area contributed by atoms with Crippen LogP contribution in [0.2, 0.25) is 0 Å². The van der Waals surface area contributed by atoms with E-state index in [1.165, 1.54) is 6.07 Å². The van der Waals surface area contributed by atoms with Crippen molar-refractivity contribution in [2.24, 2.45) is 5.73 Å². The minimum atomic E-state index is -0.445. The van der Waals surface area contributed by atoms with Crippen LogP contribution in [0.25, 0.3) is 0 Å². The highest BCUT2D eigenvalue weighted by Crippen LogP contribution is 2.23. The van der Waals surface area contributed by atoms with Gasteiger partial charge in [-0.25, -0.2) is 0 Å². The number of hydrogen-bond acceptors (Lipinski definition) is 6. The van der Waals surface area contributed by atoms with E-state index >= 15 is 0 Å². The quantitative estimate of drug-likeness (QED) is 0.427. The summed E-state index contributed by atoms with van der Waals surface area (Å²) in [7, 11) is 0. The predicted octanol–water partition coefficient (Wildman–Crippen LogP) is 2.04. The summed E-state index contributed by atoms with van der Waals surface area (Å²) in [5, 5.41) is 14.0. The molecule has 1 saturated heterocycles. The van der Waals surface area contributed by atoms with Gasteiger partial charge in [-0.2, -0.15) is 0 Å². The highest BCUT2D eigenvalue weighted by Gasteiger charge is 2.23. The number of nitro benzene ring substituents is 1. The molecule has 0 unspecified atom stereocenters. The number of unbranched alkanes of at least 4 members (excludes halogenated alkanes) is 1. The second-order valence-electron chi connectivity index (χ2n) is 5.44. The lowest BCUT2D eigenvalue weighted by atomic mass is 10.1. The number of nitrogens with two attached hydrogens (primary N) is 1. The van der Waals surface area contributed by atoms with Crippen molar-refractivity contribution >= 4 is 29.0 Å². The smallest absolute Gasteiger partial charge is 0.292 e. The summed E-state index contributed by atoms with van der Waals surface area (Å²) in [5.74, 6) is 1.76. The number of carbonyl (C=O) groups is 1. The zero-order chi connectivity index (χ0) is 16.7. The Balaban J connectivity index is 1.68. The molecule has 126 valence electrons. The Morgan fingerprint density at radius 1 is 1.43 bits per heavy atom. The number of para-hydroxylation sites is 2. The predicted molar refractivity (Wildman–Crippen MR) is 92.5 cm³/mol. The van der Waals surface area contributed by atoms with E-state index in [0.29, 0.717) is 18.7 Å². The van der Waals surface area contributed by atoms with Gasteiger partial charge >= 0.3 is 0 Å². The van der Waals surface area contributed by atoms with Crippen LogP contribution >= 0.6 is 11.8 Å². The highest BCUT2D eigenvalue weighted by molar-refractivity contribution is 7.99. The molecule has 7 nitrogen and oxygen atoms in total. The first-order chi connectivity index (χ1) is 11.1. The van der Waals surface area contributed by atoms with Crippen LogP contribution in [0.3, 0.4) is 0 Å². The SMILES string of the molecule is N[C@@H](CCCCNc1ccccc1[N+](=O)[O-])C(=O)N1CCSC1. The Morgan fingerprint density at radius 3 is 2.91 bits per heavy atom. The van der Waals surface area contributed by atoms with E-state index in [2.05, 4.69) is 5.32 Å². The number of nitro groups is 1. The number of amides is 1. The summed E-state index contributed by atoms with van der Waals surface area (Å²) in [6.45, 7) is 1.40. The normalized spacial score (nSPS) is 15.4. The first-order valence-electron chi connectivity index (χ1n) is 7.69. The number of hydrogen-bond donors (Lipinski definition) is 2. The van der Waals surface area contributed by atoms with E-state index in [1.54, 1.807) is 34.9 Å². The standard InChI is InChI=1S/C15H22N4O3S/c16-12(15(20)18-9-10-23-11-18)5-3-4-8-17-13-6-1-2-7-14(13)19(21)22/h1-2,6-7,12,17H,3-5,8-11,16H2/t12-/m0/s1. The maximum absolute atomic E-state index is 12.0. The molecule has 23 heavy (non-hydrogen) atoms. The second-order valence-corrected chi connectivity index (χ2v) is 6.52. The maximum Gasteiger partial charge on any atom is 0.292 e. The number of benzene rings is 1. The fourth-order valence-electron chi connectivity index (χ4n) is 2.44. The number of rotatable bonds is 8. The molecular formula is C15H22N4O3S. The van der Waals surface area contributed by atoms with Crippen molar-refractivity contribution < 1.29 is 9.72 Å². The molecule has 1 fully saturated rings. The van der Waals surface area contributed by atoms with Gasteiger partial charge < -0.3 is 16.0 Å². The van der Waals surface area contributed by atoms with Gasteiger partial charge in [0.05, 0.1) is 16.8 Å². The Bertz CT molecular complexity index is 549. The molecule has 0 aromatic heterocycles. The molecule has 0 bridgehead atoms. The number of nitrogens with one attached hydrogen (secondary N) is 1. The number of anilines is 1. The fourth-order valence-corrected chi connectivity index (χ4v) is 3.40. The second kappa shape index (κ2) is 8.73. The zero-order valence-corrected chi connectivity index (χ0v) is 13.8. The summed E-state index contributed by atoms with van der Waals surface area (Å²) in [6, 6.07) is 6.13. The number of carbonyl (C=O) groups excluding carboxylic acids is 1. The van der Waals surface area contributed by atoms with Crippen molar-refractivity contribution in [2.75, 3.05) is 30.0 Å². The van der Waals surface area contributed by atoms with E-state index in [1.807, 2.05) is 0 Å². The Kier molecular flexibility index (Phi) is 6.66. The summed E-state index contributed by atoms with van der Waals surface area (Å²) in [6.07, 6.45) is 2.25. The first kappa shape index (κ1) is 17.6. The van der Waals surface area contributed by atoms with Gasteiger partial charge in [0.2, 0.25) is 5.91 Å². The molecule has 2 rings (SSSR count). The lowest BCUT2D eigenvalue weighted by Gasteiger charge is -2.19. The van der Waals surface area contributed by atoms with Crippen molar-refractivity contribution in [1.29, 1.82) is 0 Å². The third-order valence-corrected chi connectivity index (χ3v) is 4.71. The van der Waals surface area contributed by atoms with Crippen LogP contribution in [0, 0.1) is 10.1 Å². The highest BCUT2D eigenvalue weighted by atomic mass is 32.2. The molecule has 1 aliphatic rings. The van der Waals surface area contributed by atoms with Crippen molar-refractivity contribution in [3.63, 3.8) is 0 Å². The van der Waals surface area contributed by atoms with Crippen molar-refractivity contribution in [3.8, 4) is 0 Å². The minimum absolute atomic E-state index is 0.0293. The molecule has 0 spiro atoms. The number of thioether (sulfide) groups is 1. The molecule has 1 aliphatic heterocycles. The van der Waals surface area contributed by atoms with Crippen molar-refractivity contribution in [3.05, 3.63) is 34.4 Å². The first-order valence-corrected chi connectivity index (χ1v) is 8.84. The molecule has 1 aromatic carbocycles. The van der Waals surface area contributed by atoms with E-state index in [9.17, 15) is 14.9 Å². The van der Waals surface area contributed by atoms with Crippen LogP contribution in [-0.4, -0.2) is 46.5 Å². The van der Waals surface area contributed by atoms with Crippen LogP contribution in [0.1, 0.15) is 19.3 Å². The van der Waals surface area contributed by atoms with Gasteiger partial charge in [-0.15, -0.1) is 11.8 Å². The van der Waals surface area contributed by atoms with Crippen LogP contribution < -0.4 is 11.1 Å². The molecule has 0 saturated carbocycles. The number of nitrogens with zero attached hydrogens (tertiary/aromatic N) is 2. The Morgan fingerprint density at radius 2 is 2.22 bits per heavy atom. The summed E-state index contributed by atoms with van der Waals surface area (Å²) < 4.78 is 0. The topological polar surface area (TPSA) is 101 Å². The largest absolute Gasteiger partial charge is 0.379 e. The maximum atomic E-state index is 12.0. The summed E-state index contributed by atoms with van der Waals surface area (Å²) in [4.78, 5) is 24.4. The van der Waals surface area contributed by atoms with Gasteiger partial charge in [-0.05, 0) is 25.3 Å². The van der Waals surface area contributed by atoms with Crippen molar-refractivity contribution in [1.82, 2.24) is 4.90 Å². The third kappa shape index (κ3) is 5.11. The fraction of sp³-hybridized carbons (Fsp3) is 0.533. The van der Waals surface area contributed by atoms with Gasteiger partial charge in [-0.3, -0.25) is 14.9 Å². The molecule has 1 amide bonds. The lowest BCUT2D eigenvalue weighted by Crippen LogP contribution is -2.42. The van der Waals surface area contributed by atoms with Gasteiger partial charge in [0.15, 0.2) is 0 Å². The van der Waals surface area contributed by atoms with E-state index < -0.39 is 11.0 Å². The van der Waals surface area contributed by atoms with Crippen LogP contribution in [0.15, 0.2) is 24.3 Å². The molecule has 1 atom stereocenters. The summed E-state index contributed by atoms with van der Waals surface area (Å²) in [5.41, 5.74) is 6.54. The van der Waals surface area contributed by atoms with E-state index in [-0.39, 0.29) is 11.6 Å². The monoisotopic (exact) mass is 338 g/mol. The average molecular weight is 338 g/mol. The third-order valence-electron chi connectivity index (χ3n) is 3.74. The molecule has 3 N–H and O–H groups in total. The Hall–Kier alpha value is -1.80. The molecule has 1 heterocycles. The van der Waals surface area contributed by atoms with E-state index in [0.717, 1.165) is 31.0 Å². The molecular weight excluding hydrogens is 316 g/mol. The minimum Gasteiger partial charge on any atom is -0.379 e. The molecule has 0 radical (unpaired) electrons.